The van der Waals surface area contributed by atoms with Crippen LogP contribution >= 0.6 is 0 Å². The SMILES string of the molecule is CN1CCCC1Cc1nc(CC=O)co1. The quantitative estimate of drug-likeness (QED) is 0.694. The molecule has 15 heavy (non-hydrogen) atoms. The monoisotopic (exact) mass is 208 g/mol. The number of hydrogen-bond donors (Lipinski definition) is 0. The van der Waals surface area contributed by atoms with Crippen molar-refractivity contribution in [3.05, 3.63) is 17.8 Å². The van der Waals surface area contributed by atoms with Gasteiger partial charge in [-0.25, -0.2) is 4.98 Å². The normalized spacial score (nSPS) is 22.1. The van der Waals surface area contributed by atoms with E-state index in [4.69, 9.17) is 4.42 Å². The number of hydrogen-bond acceptors (Lipinski definition) is 4. The molecule has 4 nitrogen and oxygen atoms in total. The Morgan fingerprint density at radius 1 is 1.73 bits per heavy atom. The Hall–Kier alpha value is -1.16. The van der Waals surface area contributed by atoms with Gasteiger partial charge in [-0.15, -0.1) is 0 Å². The lowest BCUT2D eigenvalue weighted by Crippen LogP contribution is -2.26. The van der Waals surface area contributed by atoms with Crippen molar-refractivity contribution in [1.29, 1.82) is 0 Å². The van der Waals surface area contributed by atoms with Gasteiger partial charge in [-0.1, -0.05) is 0 Å². The number of rotatable bonds is 4. The minimum Gasteiger partial charge on any atom is -0.449 e. The van der Waals surface area contributed by atoms with Crippen LogP contribution in [0.2, 0.25) is 0 Å². The zero-order valence-corrected chi connectivity index (χ0v) is 8.98. The minimum atomic E-state index is 0.351. The molecule has 1 aliphatic rings. The predicted octanol–water partition coefficient (Wildman–Crippen LogP) is 1.05. The maximum Gasteiger partial charge on any atom is 0.195 e. The summed E-state index contributed by atoms with van der Waals surface area (Å²) in [5.41, 5.74) is 0.737. The van der Waals surface area contributed by atoms with Gasteiger partial charge in [0.05, 0.1) is 5.69 Å². The summed E-state index contributed by atoms with van der Waals surface area (Å²) < 4.78 is 5.33. The summed E-state index contributed by atoms with van der Waals surface area (Å²) in [6, 6.07) is 0.549. The molecule has 1 unspecified atom stereocenters. The van der Waals surface area contributed by atoms with E-state index in [2.05, 4.69) is 16.9 Å². The van der Waals surface area contributed by atoms with Crippen molar-refractivity contribution in [2.45, 2.75) is 31.7 Å². The summed E-state index contributed by atoms with van der Waals surface area (Å²) in [5, 5.41) is 0. The van der Waals surface area contributed by atoms with Crippen LogP contribution < -0.4 is 0 Å². The van der Waals surface area contributed by atoms with Crippen molar-refractivity contribution in [3.8, 4) is 0 Å². The number of likely N-dealkylation sites (tertiary alicyclic amines) is 1. The molecule has 1 aromatic heterocycles. The number of likely N-dealkylation sites (N-methyl/N-ethyl adjacent to an activating group) is 1. The van der Waals surface area contributed by atoms with Crippen LogP contribution in [-0.4, -0.2) is 35.8 Å². The van der Waals surface area contributed by atoms with Crippen molar-refractivity contribution in [3.63, 3.8) is 0 Å². The average molecular weight is 208 g/mol. The molecule has 0 aromatic carbocycles. The molecule has 1 saturated heterocycles. The largest absolute Gasteiger partial charge is 0.449 e. The van der Waals surface area contributed by atoms with E-state index in [-0.39, 0.29) is 0 Å². The second-order valence-corrected chi connectivity index (χ2v) is 4.08. The fourth-order valence-corrected chi connectivity index (χ4v) is 2.06. The first kappa shape index (κ1) is 10.4. The van der Waals surface area contributed by atoms with Gasteiger partial charge in [-0.3, -0.25) is 0 Å². The summed E-state index contributed by atoms with van der Waals surface area (Å²) in [6.07, 6.45) is 6.10. The number of oxazole rings is 1. The molecule has 82 valence electrons. The van der Waals surface area contributed by atoms with Crippen LogP contribution in [0.15, 0.2) is 10.7 Å². The molecule has 2 rings (SSSR count). The third-order valence-electron chi connectivity index (χ3n) is 2.97. The molecule has 4 heteroatoms. The molecule has 1 fully saturated rings. The zero-order valence-electron chi connectivity index (χ0n) is 8.98. The molecule has 0 saturated carbocycles. The molecular weight excluding hydrogens is 192 g/mol. The lowest BCUT2D eigenvalue weighted by molar-refractivity contribution is -0.107. The van der Waals surface area contributed by atoms with E-state index in [9.17, 15) is 4.79 Å². The fraction of sp³-hybridized carbons (Fsp3) is 0.636. The van der Waals surface area contributed by atoms with Crippen molar-refractivity contribution < 1.29 is 9.21 Å². The Bertz CT molecular complexity index is 335. The highest BCUT2D eigenvalue weighted by molar-refractivity contribution is 5.53. The number of aromatic nitrogens is 1. The molecular formula is C11H16N2O2. The first-order valence-corrected chi connectivity index (χ1v) is 5.36. The first-order chi connectivity index (χ1) is 7.29. The standard InChI is InChI=1S/C11H16N2O2/c1-13-5-2-3-10(13)7-11-12-9(4-6-14)8-15-11/h6,8,10H,2-5,7H2,1H3. The number of aldehydes is 1. The van der Waals surface area contributed by atoms with E-state index < -0.39 is 0 Å². The van der Waals surface area contributed by atoms with Gasteiger partial charge in [-0.05, 0) is 26.4 Å². The van der Waals surface area contributed by atoms with Gasteiger partial charge in [0.25, 0.3) is 0 Å². The van der Waals surface area contributed by atoms with Gasteiger partial charge in [0, 0.05) is 18.9 Å². The van der Waals surface area contributed by atoms with Gasteiger partial charge in [0.2, 0.25) is 0 Å². The second kappa shape index (κ2) is 4.57. The summed E-state index contributed by atoms with van der Waals surface area (Å²) in [6.45, 7) is 1.16. The van der Waals surface area contributed by atoms with E-state index in [0.717, 1.165) is 30.8 Å². The van der Waals surface area contributed by atoms with E-state index >= 15 is 0 Å². The van der Waals surface area contributed by atoms with Gasteiger partial charge in [-0.2, -0.15) is 0 Å². The van der Waals surface area contributed by atoms with E-state index in [1.165, 1.54) is 12.8 Å². The van der Waals surface area contributed by atoms with Crippen molar-refractivity contribution in [1.82, 2.24) is 9.88 Å². The first-order valence-electron chi connectivity index (χ1n) is 5.36. The van der Waals surface area contributed by atoms with Gasteiger partial charge in [0.1, 0.15) is 12.5 Å². The Morgan fingerprint density at radius 2 is 2.60 bits per heavy atom. The van der Waals surface area contributed by atoms with Crippen molar-refractivity contribution in [2.75, 3.05) is 13.6 Å². The van der Waals surface area contributed by atoms with Crippen LogP contribution in [0.5, 0.6) is 0 Å². The van der Waals surface area contributed by atoms with Crippen molar-refractivity contribution >= 4 is 6.29 Å². The highest BCUT2D eigenvalue weighted by Crippen LogP contribution is 2.18. The van der Waals surface area contributed by atoms with E-state index in [0.29, 0.717) is 12.5 Å². The maximum atomic E-state index is 10.3. The molecule has 0 aliphatic carbocycles. The van der Waals surface area contributed by atoms with Gasteiger partial charge < -0.3 is 14.1 Å². The maximum absolute atomic E-state index is 10.3. The highest BCUT2D eigenvalue weighted by Gasteiger charge is 2.22. The van der Waals surface area contributed by atoms with Gasteiger partial charge in [0.15, 0.2) is 5.89 Å². The summed E-state index contributed by atoms with van der Waals surface area (Å²) in [4.78, 5) is 16.9. The number of carbonyl (C=O) groups is 1. The van der Waals surface area contributed by atoms with Crippen LogP contribution in [0.25, 0.3) is 0 Å². The average Bonchev–Trinajstić information content (AvgIpc) is 2.79. The summed E-state index contributed by atoms with van der Waals surface area (Å²) in [5.74, 6) is 0.755. The topological polar surface area (TPSA) is 46.3 Å². The van der Waals surface area contributed by atoms with E-state index in [1.54, 1.807) is 6.26 Å². The van der Waals surface area contributed by atoms with Crippen LogP contribution in [0.4, 0.5) is 0 Å². The van der Waals surface area contributed by atoms with Crippen LogP contribution in [0.1, 0.15) is 24.4 Å². The molecule has 1 aliphatic heterocycles. The molecule has 2 heterocycles. The molecule has 0 spiro atoms. The number of carbonyl (C=O) groups excluding carboxylic acids is 1. The molecule has 0 N–H and O–H groups in total. The van der Waals surface area contributed by atoms with Crippen molar-refractivity contribution in [2.24, 2.45) is 0 Å². The van der Waals surface area contributed by atoms with Crippen LogP contribution in [0, 0.1) is 0 Å². The van der Waals surface area contributed by atoms with Crippen LogP contribution in [-0.2, 0) is 17.6 Å². The predicted molar refractivity (Wildman–Crippen MR) is 55.6 cm³/mol. The lowest BCUT2D eigenvalue weighted by atomic mass is 10.1. The highest BCUT2D eigenvalue weighted by atomic mass is 16.3. The minimum absolute atomic E-state index is 0.351. The Morgan fingerprint density at radius 3 is 3.27 bits per heavy atom. The number of nitrogens with zero attached hydrogens (tertiary/aromatic N) is 2. The fourth-order valence-electron chi connectivity index (χ4n) is 2.06. The third kappa shape index (κ3) is 2.45. The van der Waals surface area contributed by atoms with Crippen LogP contribution in [0.3, 0.4) is 0 Å². The molecule has 0 radical (unpaired) electrons. The second-order valence-electron chi connectivity index (χ2n) is 4.08. The molecule has 0 amide bonds. The molecule has 1 aromatic rings. The van der Waals surface area contributed by atoms with E-state index in [1.807, 2.05) is 0 Å². The Balaban J connectivity index is 1.95. The summed E-state index contributed by atoms with van der Waals surface area (Å²) in [7, 11) is 2.13. The Labute approximate surface area is 89.3 Å². The zero-order chi connectivity index (χ0) is 10.7. The molecule has 1 atom stereocenters. The van der Waals surface area contributed by atoms with Gasteiger partial charge >= 0.3 is 0 Å². The molecule has 0 bridgehead atoms. The lowest BCUT2D eigenvalue weighted by Gasteiger charge is -2.16. The summed E-state index contributed by atoms with van der Waals surface area (Å²) >= 11 is 0. The third-order valence-corrected chi connectivity index (χ3v) is 2.97. The Kier molecular flexibility index (Phi) is 3.16. The smallest absolute Gasteiger partial charge is 0.195 e.